The molecule has 0 aliphatic rings. The lowest BCUT2D eigenvalue weighted by Crippen LogP contribution is -2.04. The van der Waals surface area contributed by atoms with Gasteiger partial charge < -0.3 is 5.11 Å². The maximum Gasteiger partial charge on any atom is 0.321 e. The molecule has 0 fully saturated rings. The summed E-state index contributed by atoms with van der Waals surface area (Å²) in [6.45, 7) is 4.59. The summed E-state index contributed by atoms with van der Waals surface area (Å²) in [5.41, 5.74) is -0.843. The van der Waals surface area contributed by atoms with Crippen LogP contribution in [0.3, 0.4) is 0 Å². The van der Waals surface area contributed by atoms with Gasteiger partial charge in [0, 0.05) is 11.6 Å². The smallest absolute Gasteiger partial charge is 0.321 e. The van der Waals surface area contributed by atoms with Gasteiger partial charge in [0.05, 0.1) is 9.85 Å². The van der Waals surface area contributed by atoms with Crippen molar-refractivity contribution >= 4 is 11.4 Å². The van der Waals surface area contributed by atoms with Crippen LogP contribution in [0.15, 0.2) is 6.07 Å². The summed E-state index contributed by atoms with van der Waals surface area (Å²) < 4.78 is 0. The van der Waals surface area contributed by atoms with E-state index in [1.165, 1.54) is 6.92 Å². The van der Waals surface area contributed by atoms with Crippen molar-refractivity contribution in [1.29, 1.82) is 0 Å². The molecule has 1 aromatic carbocycles. The molecule has 0 atom stereocenters. The Bertz CT molecular complexity index is 496. The van der Waals surface area contributed by atoms with Crippen molar-refractivity contribution in [3.8, 4) is 5.75 Å². The van der Waals surface area contributed by atoms with E-state index in [-0.39, 0.29) is 16.8 Å². The predicted octanol–water partition coefficient (Wildman–Crippen LogP) is 2.64. The van der Waals surface area contributed by atoms with Gasteiger partial charge in [0.1, 0.15) is 5.56 Å². The van der Waals surface area contributed by atoms with Crippen molar-refractivity contribution in [3.63, 3.8) is 0 Å². The molecule has 0 amide bonds. The third-order valence-corrected chi connectivity index (χ3v) is 2.44. The van der Waals surface area contributed by atoms with Crippen molar-refractivity contribution in [3.05, 3.63) is 37.4 Å². The highest BCUT2D eigenvalue weighted by Gasteiger charge is 2.32. The molecule has 0 saturated heterocycles. The van der Waals surface area contributed by atoms with Crippen molar-refractivity contribution in [2.75, 3.05) is 0 Å². The Morgan fingerprint density at radius 1 is 1.24 bits per heavy atom. The second kappa shape index (κ2) is 4.36. The summed E-state index contributed by atoms with van der Waals surface area (Å²) in [5, 5.41) is 31.4. The molecule has 0 bridgehead atoms. The Labute approximate surface area is 97.0 Å². The Balaban J connectivity index is 3.76. The van der Waals surface area contributed by atoms with Gasteiger partial charge in [-0.2, -0.15) is 0 Å². The highest BCUT2D eigenvalue weighted by molar-refractivity contribution is 5.65. The molecule has 0 aromatic heterocycles. The van der Waals surface area contributed by atoms with Crippen molar-refractivity contribution in [1.82, 2.24) is 0 Å². The first-order valence-electron chi connectivity index (χ1n) is 4.92. The van der Waals surface area contributed by atoms with Crippen LogP contribution >= 0.6 is 0 Å². The van der Waals surface area contributed by atoms with Crippen LogP contribution in [0.5, 0.6) is 5.75 Å². The highest BCUT2D eigenvalue weighted by atomic mass is 16.6. The molecule has 92 valence electrons. The van der Waals surface area contributed by atoms with Crippen LogP contribution in [0, 0.1) is 27.2 Å². The standard InChI is InChI=1S/C10H12N2O5/c1-5(2)8-7(11(14)15)4-6(3)10(13)9(8)12(16)17/h4-5,13H,1-3H3. The van der Waals surface area contributed by atoms with Gasteiger partial charge in [-0.3, -0.25) is 20.2 Å². The number of aryl methyl sites for hydroxylation is 1. The Morgan fingerprint density at radius 2 is 1.76 bits per heavy atom. The average Bonchev–Trinajstić information content (AvgIpc) is 2.19. The lowest BCUT2D eigenvalue weighted by Gasteiger charge is -2.10. The van der Waals surface area contributed by atoms with Gasteiger partial charge in [0.15, 0.2) is 5.75 Å². The largest absolute Gasteiger partial charge is 0.502 e. The molecular formula is C10H12N2O5. The fraction of sp³-hybridized carbons (Fsp3) is 0.400. The zero-order valence-corrected chi connectivity index (χ0v) is 9.63. The van der Waals surface area contributed by atoms with E-state index < -0.39 is 27.2 Å². The van der Waals surface area contributed by atoms with Gasteiger partial charge in [-0.25, -0.2) is 0 Å². The predicted molar refractivity (Wildman–Crippen MR) is 60.2 cm³/mol. The summed E-state index contributed by atoms with van der Waals surface area (Å²) in [6.07, 6.45) is 0. The van der Waals surface area contributed by atoms with Crippen molar-refractivity contribution < 1.29 is 15.0 Å². The normalized spacial score (nSPS) is 10.6. The van der Waals surface area contributed by atoms with Crippen molar-refractivity contribution in [2.24, 2.45) is 0 Å². The zero-order chi connectivity index (χ0) is 13.3. The van der Waals surface area contributed by atoms with Gasteiger partial charge >= 0.3 is 5.69 Å². The third kappa shape index (κ3) is 2.17. The topological polar surface area (TPSA) is 107 Å². The fourth-order valence-corrected chi connectivity index (χ4v) is 1.69. The summed E-state index contributed by atoms with van der Waals surface area (Å²) in [7, 11) is 0. The molecule has 0 spiro atoms. The number of hydrogen-bond donors (Lipinski definition) is 1. The number of nitro groups is 2. The fourth-order valence-electron chi connectivity index (χ4n) is 1.69. The minimum Gasteiger partial charge on any atom is -0.502 e. The zero-order valence-electron chi connectivity index (χ0n) is 9.63. The summed E-state index contributed by atoms with van der Waals surface area (Å²) in [6, 6.07) is 1.15. The number of phenolic OH excluding ortho intramolecular Hbond substituents is 1. The van der Waals surface area contributed by atoms with E-state index in [2.05, 4.69) is 0 Å². The van der Waals surface area contributed by atoms with E-state index in [4.69, 9.17) is 0 Å². The van der Waals surface area contributed by atoms with Gasteiger partial charge in [0.2, 0.25) is 0 Å². The first kappa shape index (κ1) is 12.9. The molecule has 1 aromatic rings. The number of nitro benzene ring substituents is 2. The molecule has 0 heterocycles. The summed E-state index contributed by atoms with van der Waals surface area (Å²) in [5.74, 6) is -0.938. The molecule has 7 heteroatoms. The minimum atomic E-state index is -0.787. The van der Waals surface area contributed by atoms with E-state index in [9.17, 15) is 25.3 Å². The number of benzene rings is 1. The van der Waals surface area contributed by atoms with Gasteiger partial charge in [-0.15, -0.1) is 0 Å². The Kier molecular flexibility index (Phi) is 3.31. The minimum absolute atomic E-state index is 0.0527. The maximum absolute atomic E-state index is 10.9. The number of phenols is 1. The highest BCUT2D eigenvalue weighted by Crippen LogP contribution is 2.42. The summed E-state index contributed by atoms with van der Waals surface area (Å²) in [4.78, 5) is 20.3. The third-order valence-electron chi connectivity index (χ3n) is 2.44. The molecule has 0 aliphatic heterocycles. The maximum atomic E-state index is 10.9. The van der Waals surface area contributed by atoms with E-state index in [0.29, 0.717) is 0 Å². The molecule has 0 radical (unpaired) electrons. The second-order valence-electron chi connectivity index (χ2n) is 3.99. The van der Waals surface area contributed by atoms with Crippen LogP contribution in [0.1, 0.15) is 30.9 Å². The first-order chi connectivity index (χ1) is 7.77. The number of hydrogen-bond acceptors (Lipinski definition) is 5. The molecular weight excluding hydrogens is 228 g/mol. The summed E-state index contributed by atoms with van der Waals surface area (Å²) >= 11 is 0. The van der Waals surface area contributed by atoms with Crippen LogP contribution < -0.4 is 0 Å². The second-order valence-corrected chi connectivity index (χ2v) is 3.99. The Morgan fingerprint density at radius 3 is 2.12 bits per heavy atom. The molecule has 17 heavy (non-hydrogen) atoms. The van der Waals surface area contributed by atoms with Gasteiger partial charge in [-0.05, 0) is 12.8 Å². The molecule has 0 unspecified atom stereocenters. The van der Waals surface area contributed by atoms with E-state index in [1.807, 2.05) is 0 Å². The van der Waals surface area contributed by atoms with E-state index in [1.54, 1.807) is 13.8 Å². The number of aromatic hydroxyl groups is 1. The van der Waals surface area contributed by atoms with Crippen LogP contribution in [0.2, 0.25) is 0 Å². The molecule has 1 rings (SSSR count). The Hall–Kier alpha value is -2.18. The van der Waals surface area contributed by atoms with Crippen LogP contribution in [0.4, 0.5) is 11.4 Å². The van der Waals surface area contributed by atoms with Crippen LogP contribution in [-0.2, 0) is 0 Å². The monoisotopic (exact) mass is 240 g/mol. The van der Waals surface area contributed by atoms with Crippen molar-refractivity contribution in [2.45, 2.75) is 26.7 Å². The molecule has 0 aliphatic carbocycles. The van der Waals surface area contributed by atoms with Crippen LogP contribution in [0.25, 0.3) is 0 Å². The number of nitrogens with zero attached hydrogens (tertiary/aromatic N) is 2. The lowest BCUT2D eigenvalue weighted by atomic mass is 9.96. The van der Waals surface area contributed by atoms with Gasteiger partial charge in [-0.1, -0.05) is 13.8 Å². The lowest BCUT2D eigenvalue weighted by molar-refractivity contribution is -0.396. The molecule has 1 N–H and O–H groups in total. The molecule has 7 nitrogen and oxygen atoms in total. The van der Waals surface area contributed by atoms with E-state index in [0.717, 1.165) is 6.07 Å². The average molecular weight is 240 g/mol. The van der Waals surface area contributed by atoms with E-state index >= 15 is 0 Å². The number of rotatable bonds is 3. The SMILES string of the molecule is Cc1cc([N+](=O)[O-])c(C(C)C)c([N+](=O)[O-])c1O. The van der Waals surface area contributed by atoms with Gasteiger partial charge in [0.25, 0.3) is 5.69 Å². The quantitative estimate of drug-likeness (QED) is 0.645. The first-order valence-corrected chi connectivity index (χ1v) is 4.92. The molecule has 0 saturated carbocycles. The van der Waals surface area contributed by atoms with Crippen LogP contribution in [-0.4, -0.2) is 15.0 Å².